The Morgan fingerprint density at radius 2 is 1.88 bits per heavy atom. The predicted molar refractivity (Wildman–Crippen MR) is 100 cm³/mol. The third kappa shape index (κ3) is 2.23. The van der Waals surface area contributed by atoms with Crippen LogP contribution in [0.2, 0.25) is 0 Å². The van der Waals surface area contributed by atoms with Gasteiger partial charge < -0.3 is 14.0 Å². The minimum absolute atomic E-state index is 0.0750. The van der Waals surface area contributed by atoms with Crippen molar-refractivity contribution in [1.29, 1.82) is 0 Å². The van der Waals surface area contributed by atoms with Crippen molar-refractivity contribution in [2.45, 2.75) is 18.9 Å². The summed E-state index contributed by atoms with van der Waals surface area (Å²) in [7, 11) is 2.00. The van der Waals surface area contributed by atoms with Crippen molar-refractivity contribution in [3.05, 3.63) is 70.3 Å². The van der Waals surface area contributed by atoms with Crippen molar-refractivity contribution in [3.63, 3.8) is 0 Å². The quantitative estimate of drug-likeness (QED) is 0.679. The number of hydrogen-bond donors (Lipinski definition) is 0. The molecular formula is C21H21N3O2. The molecule has 26 heavy (non-hydrogen) atoms. The molecule has 1 amide bonds. The van der Waals surface area contributed by atoms with Crippen LogP contribution in [0.1, 0.15) is 28.4 Å². The summed E-state index contributed by atoms with van der Waals surface area (Å²) < 4.78 is 3.94. The summed E-state index contributed by atoms with van der Waals surface area (Å²) in [5.41, 5.74) is 2.99. The number of nitrogens with zero attached hydrogens (tertiary/aromatic N) is 3. The van der Waals surface area contributed by atoms with E-state index in [1.165, 1.54) is 0 Å². The molecule has 2 atom stereocenters. The average molecular weight is 347 g/mol. The van der Waals surface area contributed by atoms with Crippen LogP contribution in [0.4, 0.5) is 0 Å². The first-order chi connectivity index (χ1) is 12.6. The fraction of sp³-hybridized carbons (Fsp3) is 0.333. The lowest BCUT2D eigenvalue weighted by molar-refractivity contribution is 0.0596. The SMILES string of the molecule is Cn1ccc2c(C(=O)N3C[C@@H]4C[C@H](C3)c3cccc(=O)n3C4)cccc21. The van der Waals surface area contributed by atoms with Gasteiger partial charge in [0.05, 0.1) is 0 Å². The molecule has 0 aliphatic carbocycles. The van der Waals surface area contributed by atoms with Crippen molar-refractivity contribution in [2.24, 2.45) is 13.0 Å². The second-order valence-electron chi connectivity index (χ2n) is 7.57. The number of likely N-dealkylation sites (tertiary alicyclic amines) is 1. The molecule has 0 saturated carbocycles. The summed E-state index contributed by atoms with van der Waals surface area (Å²) in [4.78, 5) is 27.4. The van der Waals surface area contributed by atoms with E-state index < -0.39 is 0 Å². The molecule has 5 nitrogen and oxygen atoms in total. The Morgan fingerprint density at radius 3 is 2.77 bits per heavy atom. The van der Waals surface area contributed by atoms with E-state index >= 15 is 0 Å². The molecule has 0 spiro atoms. The predicted octanol–water partition coefficient (Wildman–Crippen LogP) is 2.60. The molecule has 4 heterocycles. The van der Waals surface area contributed by atoms with Gasteiger partial charge in [-0.2, -0.15) is 0 Å². The van der Waals surface area contributed by atoms with E-state index in [0.717, 1.165) is 35.1 Å². The lowest BCUT2D eigenvalue weighted by Crippen LogP contribution is -2.49. The molecule has 1 saturated heterocycles. The van der Waals surface area contributed by atoms with Crippen LogP contribution >= 0.6 is 0 Å². The number of aromatic nitrogens is 2. The van der Waals surface area contributed by atoms with Gasteiger partial charge in [-0.05, 0) is 36.6 Å². The molecule has 1 aromatic carbocycles. The maximum Gasteiger partial charge on any atom is 0.254 e. The topological polar surface area (TPSA) is 47.2 Å². The lowest BCUT2D eigenvalue weighted by Gasteiger charge is -2.42. The Bertz CT molecular complexity index is 1080. The fourth-order valence-corrected chi connectivity index (χ4v) is 4.72. The first-order valence-electron chi connectivity index (χ1n) is 9.15. The highest BCUT2D eigenvalue weighted by atomic mass is 16.2. The summed E-state index contributed by atoms with van der Waals surface area (Å²) in [6.45, 7) is 2.12. The fourth-order valence-electron chi connectivity index (χ4n) is 4.72. The molecule has 5 rings (SSSR count). The Balaban J connectivity index is 1.50. The van der Waals surface area contributed by atoms with E-state index in [-0.39, 0.29) is 17.4 Å². The molecule has 2 aromatic heterocycles. The normalized spacial score (nSPS) is 21.7. The standard InChI is InChI=1S/C21H21N3O2/c1-22-9-8-16-17(4-2-6-19(16)22)21(26)23-11-14-10-15(13-23)18-5-3-7-20(25)24(18)12-14/h2-9,14-15H,10-13H2,1H3/t14-,15+/m0/s1. The van der Waals surface area contributed by atoms with Gasteiger partial charge in [0.25, 0.3) is 11.5 Å². The minimum atomic E-state index is 0.0750. The summed E-state index contributed by atoms with van der Waals surface area (Å²) >= 11 is 0. The van der Waals surface area contributed by atoms with Gasteiger partial charge in [-0.15, -0.1) is 0 Å². The molecule has 0 radical (unpaired) electrons. The largest absolute Gasteiger partial charge is 0.351 e. The van der Waals surface area contributed by atoms with Gasteiger partial charge >= 0.3 is 0 Å². The monoisotopic (exact) mass is 347 g/mol. The van der Waals surface area contributed by atoms with E-state index in [0.29, 0.717) is 19.0 Å². The average Bonchev–Trinajstić information content (AvgIpc) is 3.03. The zero-order chi connectivity index (χ0) is 17.8. The maximum absolute atomic E-state index is 13.3. The van der Waals surface area contributed by atoms with E-state index in [1.54, 1.807) is 6.07 Å². The second kappa shape index (κ2) is 5.59. The number of aryl methyl sites for hydroxylation is 1. The van der Waals surface area contributed by atoms with Crippen LogP contribution in [0.5, 0.6) is 0 Å². The van der Waals surface area contributed by atoms with Crippen LogP contribution in [0.15, 0.2) is 53.5 Å². The molecule has 132 valence electrons. The van der Waals surface area contributed by atoms with Crippen LogP contribution in [0.3, 0.4) is 0 Å². The van der Waals surface area contributed by atoms with E-state index in [1.807, 2.05) is 63.7 Å². The molecule has 0 unspecified atom stereocenters. The first-order valence-corrected chi connectivity index (χ1v) is 9.15. The van der Waals surface area contributed by atoms with Gasteiger partial charge in [0.1, 0.15) is 0 Å². The number of amides is 1. The first kappa shape index (κ1) is 15.4. The van der Waals surface area contributed by atoms with Gasteiger partial charge in [0.2, 0.25) is 0 Å². The Labute approximate surface area is 151 Å². The molecule has 2 bridgehead atoms. The molecular weight excluding hydrogens is 326 g/mol. The van der Waals surface area contributed by atoms with Crippen LogP contribution in [-0.4, -0.2) is 33.0 Å². The maximum atomic E-state index is 13.3. The summed E-state index contributed by atoms with van der Waals surface area (Å²) in [6, 6.07) is 13.4. The highest BCUT2D eigenvalue weighted by molar-refractivity contribution is 6.06. The van der Waals surface area contributed by atoms with Gasteiger partial charge in [0, 0.05) is 67.0 Å². The molecule has 0 N–H and O–H groups in total. The van der Waals surface area contributed by atoms with Crippen LogP contribution in [0.25, 0.3) is 10.9 Å². The summed E-state index contributed by atoms with van der Waals surface area (Å²) in [5, 5.41) is 1.01. The van der Waals surface area contributed by atoms with Crippen molar-refractivity contribution >= 4 is 16.8 Å². The van der Waals surface area contributed by atoms with E-state index in [4.69, 9.17) is 0 Å². The zero-order valence-electron chi connectivity index (χ0n) is 14.8. The van der Waals surface area contributed by atoms with Crippen molar-refractivity contribution in [3.8, 4) is 0 Å². The van der Waals surface area contributed by atoms with E-state index in [2.05, 4.69) is 0 Å². The Morgan fingerprint density at radius 1 is 1.04 bits per heavy atom. The number of fused-ring (bicyclic) bond motifs is 5. The van der Waals surface area contributed by atoms with Gasteiger partial charge in [-0.1, -0.05) is 12.1 Å². The highest BCUT2D eigenvalue weighted by Gasteiger charge is 2.36. The molecule has 2 aliphatic heterocycles. The smallest absolute Gasteiger partial charge is 0.254 e. The number of benzene rings is 1. The number of piperidine rings is 1. The molecule has 1 fully saturated rings. The third-order valence-corrected chi connectivity index (χ3v) is 5.93. The van der Waals surface area contributed by atoms with Crippen molar-refractivity contribution < 1.29 is 4.79 Å². The van der Waals surface area contributed by atoms with Crippen molar-refractivity contribution in [2.75, 3.05) is 13.1 Å². The van der Waals surface area contributed by atoms with Gasteiger partial charge in [-0.25, -0.2) is 0 Å². The van der Waals surface area contributed by atoms with Crippen LogP contribution in [0, 0.1) is 5.92 Å². The molecule has 2 aliphatic rings. The van der Waals surface area contributed by atoms with Crippen molar-refractivity contribution in [1.82, 2.24) is 14.0 Å². The minimum Gasteiger partial charge on any atom is -0.351 e. The lowest BCUT2D eigenvalue weighted by atomic mass is 9.83. The number of hydrogen-bond acceptors (Lipinski definition) is 2. The third-order valence-electron chi connectivity index (χ3n) is 5.93. The van der Waals surface area contributed by atoms with Crippen LogP contribution in [-0.2, 0) is 13.6 Å². The van der Waals surface area contributed by atoms with Gasteiger partial charge in [-0.3, -0.25) is 9.59 Å². The highest BCUT2D eigenvalue weighted by Crippen LogP contribution is 2.36. The molecule has 3 aromatic rings. The number of pyridine rings is 1. The molecule has 5 heteroatoms. The Hall–Kier alpha value is -2.82. The Kier molecular flexibility index (Phi) is 3.32. The number of carbonyl (C=O) groups is 1. The van der Waals surface area contributed by atoms with Gasteiger partial charge in [0.15, 0.2) is 0 Å². The van der Waals surface area contributed by atoms with E-state index in [9.17, 15) is 9.59 Å². The number of rotatable bonds is 1. The second-order valence-corrected chi connectivity index (χ2v) is 7.57. The zero-order valence-corrected chi connectivity index (χ0v) is 14.8. The summed E-state index contributed by atoms with van der Waals surface area (Å²) in [6.07, 6.45) is 3.05. The summed E-state index contributed by atoms with van der Waals surface area (Å²) in [5.74, 6) is 0.693. The van der Waals surface area contributed by atoms with Crippen LogP contribution < -0.4 is 5.56 Å². The number of carbonyl (C=O) groups excluding carboxylic acids is 1.